The van der Waals surface area contributed by atoms with Crippen molar-refractivity contribution in [1.82, 2.24) is 15.2 Å². The maximum absolute atomic E-state index is 12.1. The molecule has 3 rings (SSSR count). The van der Waals surface area contributed by atoms with E-state index in [1.54, 1.807) is 4.90 Å². The summed E-state index contributed by atoms with van der Waals surface area (Å²) in [7, 11) is 0. The number of carbonyl (C=O) groups excluding carboxylic acids is 1. The van der Waals surface area contributed by atoms with Crippen molar-refractivity contribution in [1.29, 1.82) is 0 Å². The van der Waals surface area contributed by atoms with E-state index in [1.807, 2.05) is 27.0 Å². The zero-order chi connectivity index (χ0) is 16.4. The Kier molecular flexibility index (Phi) is 4.31. The number of nitrogens with zero attached hydrogens (tertiary/aromatic N) is 1. The summed E-state index contributed by atoms with van der Waals surface area (Å²) in [4.78, 5) is 17.1. The van der Waals surface area contributed by atoms with Crippen LogP contribution in [0.15, 0.2) is 30.5 Å². The van der Waals surface area contributed by atoms with Crippen LogP contribution in [0.4, 0.5) is 4.79 Å². The summed E-state index contributed by atoms with van der Waals surface area (Å²) < 4.78 is 5.43. The fourth-order valence-electron chi connectivity index (χ4n) is 2.89. The van der Waals surface area contributed by atoms with Crippen molar-refractivity contribution in [3.8, 4) is 0 Å². The molecule has 1 amide bonds. The Morgan fingerprint density at radius 3 is 3.00 bits per heavy atom. The van der Waals surface area contributed by atoms with Gasteiger partial charge >= 0.3 is 6.09 Å². The fourth-order valence-corrected chi connectivity index (χ4v) is 2.89. The third-order valence-corrected chi connectivity index (χ3v) is 4.05. The molecule has 1 aromatic carbocycles. The van der Waals surface area contributed by atoms with E-state index in [4.69, 9.17) is 4.74 Å². The molecule has 2 heterocycles. The average Bonchev–Trinajstić information content (AvgIpc) is 3.12. The van der Waals surface area contributed by atoms with Gasteiger partial charge in [-0.2, -0.15) is 0 Å². The van der Waals surface area contributed by atoms with E-state index in [0.717, 1.165) is 25.0 Å². The smallest absolute Gasteiger partial charge is 0.410 e. The van der Waals surface area contributed by atoms with Crippen molar-refractivity contribution >= 4 is 17.0 Å². The molecular weight excluding hydrogens is 290 g/mol. The van der Waals surface area contributed by atoms with Crippen LogP contribution in [0.5, 0.6) is 0 Å². The van der Waals surface area contributed by atoms with Crippen LogP contribution >= 0.6 is 0 Å². The van der Waals surface area contributed by atoms with E-state index >= 15 is 0 Å². The number of rotatable bonds is 3. The monoisotopic (exact) mass is 315 g/mol. The molecule has 0 bridgehead atoms. The fraction of sp³-hybridized carbons (Fsp3) is 0.500. The Morgan fingerprint density at radius 1 is 1.39 bits per heavy atom. The van der Waals surface area contributed by atoms with Crippen LogP contribution in [0.3, 0.4) is 0 Å². The van der Waals surface area contributed by atoms with E-state index in [9.17, 15) is 4.79 Å². The Balaban J connectivity index is 1.51. The lowest BCUT2D eigenvalue weighted by Crippen LogP contribution is -2.38. The molecule has 5 nitrogen and oxygen atoms in total. The molecule has 0 aliphatic carbocycles. The number of hydrogen-bond acceptors (Lipinski definition) is 3. The van der Waals surface area contributed by atoms with Crippen LogP contribution in [0.25, 0.3) is 10.9 Å². The first kappa shape index (κ1) is 15.9. The number of H-pyrrole nitrogens is 1. The van der Waals surface area contributed by atoms with Gasteiger partial charge in [-0.3, -0.25) is 0 Å². The van der Waals surface area contributed by atoms with E-state index < -0.39 is 5.60 Å². The highest BCUT2D eigenvalue weighted by molar-refractivity contribution is 5.79. The molecule has 0 spiro atoms. The quantitative estimate of drug-likeness (QED) is 0.914. The molecule has 1 aromatic heterocycles. The molecule has 1 unspecified atom stereocenters. The van der Waals surface area contributed by atoms with Gasteiger partial charge in [-0.25, -0.2) is 4.79 Å². The van der Waals surface area contributed by atoms with Crippen LogP contribution in [-0.4, -0.2) is 40.7 Å². The van der Waals surface area contributed by atoms with Gasteiger partial charge < -0.3 is 19.9 Å². The van der Waals surface area contributed by atoms with Gasteiger partial charge in [0, 0.05) is 37.4 Å². The largest absolute Gasteiger partial charge is 0.444 e. The van der Waals surface area contributed by atoms with Crippen molar-refractivity contribution in [2.75, 3.05) is 13.1 Å². The standard InChI is InChI=1S/C18H25N3O2/c1-18(2,3)23-17(22)21-9-7-15(12-21)20-11-13-4-5-14-6-8-19-16(14)10-13/h4-6,8,10,15,19-20H,7,9,11-12H2,1-3H3. The first-order valence-electron chi connectivity index (χ1n) is 8.18. The van der Waals surface area contributed by atoms with Gasteiger partial charge in [-0.05, 0) is 50.3 Å². The predicted octanol–water partition coefficient (Wildman–Crippen LogP) is 3.27. The summed E-state index contributed by atoms with van der Waals surface area (Å²) in [5.74, 6) is 0. The second-order valence-corrected chi connectivity index (χ2v) is 7.19. The average molecular weight is 315 g/mol. The maximum atomic E-state index is 12.1. The van der Waals surface area contributed by atoms with Crippen molar-refractivity contribution in [3.63, 3.8) is 0 Å². The van der Waals surface area contributed by atoms with E-state index in [-0.39, 0.29) is 6.09 Å². The molecule has 124 valence electrons. The summed E-state index contributed by atoms with van der Waals surface area (Å²) in [5.41, 5.74) is 1.97. The van der Waals surface area contributed by atoms with Crippen molar-refractivity contribution in [2.45, 2.75) is 45.4 Å². The van der Waals surface area contributed by atoms with E-state index in [1.165, 1.54) is 10.9 Å². The van der Waals surface area contributed by atoms with E-state index in [2.05, 4.69) is 34.6 Å². The normalized spacial score (nSPS) is 18.6. The topological polar surface area (TPSA) is 57.4 Å². The number of benzene rings is 1. The second-order valence-electron chi connectivity index (χ2n) is 7.19. The molecule has 2 aromatic rings. The molecule has 2 N–H and O–H groups in total. The molecular formula is C18H25N3O2. The van der Waals surface area contributed by atoms with Crippen molar-refractivity contribution in [2.24, 2.45) is 0 Å². The lowest BCUT2D eigenvalue weighted by atomic mass is 10.1. The van der Waals surface area contributed by atoms with E-state index in [0.29, 0.717) is 12.6 Å². The van der Waals surface area contributed by atoms with Gasteiger partial charge in [-0.1, -0.05) is 12.1 Å². The lowest BCUT2D eigenvalue weighted by Gasteiger charge is -2.24. The van der Waals surface area contributed by atoms with Crippen LogP contribution in [0.1, 0.15) is 32.8 Å². The number of aromatic nitrogens is 1. The Bertz CT molecular complexity index is 687. The molecule has 1 aliphatic heterocycles. The minimum atomic E-state index is -0.436. The Labute approximate surface area is 137 Å². The van der Waals surface area contributed by atoms with Crippen LogP contribution < -0.4 is 5.32 Å². The zero-order valence-corrected chi connectivity index (χ0v) is 14.1. The SMILES string of the molecule is CC(C)(C)OC(=O)N1CCC(NCc2ccc3cc[nH]c3c2)C1. The van der Waals surface area contributed by atoms with Gasteiger partial charge in [0.1, 0.15) is 5.60 Å². The predicted molar refractivity (Wildman–Crippen MR) is 91.4 cm³/mol. The number of aromatic amines is 1. The summed E-state index contributed by atoms with van der Waals surface area (Å²) in [6.07, 6.45) is 2.70. The molecule has 0 radical (unpaired) electrons. The zero-order valence-electron chi connectivity index (χ0n) is 14.1. The number of ether oxygens (including phenoxy) is 1. The molecule has 1 saturated heterocycles. The summed E-state index contributed by atoms with van der Waals surface area (Å²) in [6, 6.07) is 8.83. The summed E-state index contributed by atoms with van der Waals surface area (Å²) >= 11 is 0. The highest BCUT2D eigenvalue weighted by atomic mass is 16.6. The first-order valence-corrected chi connectivity index (χ1v) is 8.18. The summed E-state index contributed by atoms with van der Waals surface area (Å²) in [5, 5.41) is 4.77. The lowest BCUT2D eigenvalue weighted by molar-refractivity contribution is 0.0291. The summed E-state index contributed by atoms with van der Waals surface area (Å²) in [6.45, 7) is 7.96. The van der Waals surface area contributed by atoms with Gasteiger partial charge in [0.15, 0.2) is 0 Å². The van der Waals surface area contributed by atoms with Gasteiger partial charge in [0.2, 0.25) is 0 Å². The third kappa shape index (κ3) is 4.05. The van der Waals surface area contributed by atoms with Gasteiger partial charge in [0.05, 0.1) is 0 Å². The molecule has 0 saturated carbocycles. The molecule has 1 atom stereocenters. The van der Waals surface area contributed by atoms with Crippen LogP contribution in [-0.2, 0) is 11.3 Å². The number of fused-ring (bicyclic) bond motifs is 1. The number of likely N-dealkylation sites (tertiary alicyclic amines) is 1. The Morgan fingerprint density at radius 2 is 2.22 bits per heavy atom. The number of hydrogen-bond donors (Lipinski definition) is 2. The minimum absolute atomic E-state index is 0.213. The number of nitrogens with one attached hydrogen (secondary N) is 2. The van der Waals surface area contributed by atoms with Crippen LogP contribution in [0, 0.1) is 0 Å². The van der Waals surface area contributed by atoms with Crippen molar-refractivity contribution < 1.29 is 9.53 Å². The first-order chi connectivity index (χ1) is 10.9. The minimum Gasteiger partial charge on any atom is -0.444 e. The second kappa shape index (κ2) is 6.24. The van der Waals surface area contributed by atoms with Crippen LogP contribution in [0.2, 0.25) is 0 Å². The Hall–Kier alpha value is -2.01. The molecule has 1 aliphatic rings. The highest BCUT2D eigenvalue weighted by Gasteiger charge is 2.29. The van der Waals surface area contributed by atoms with Gasteiger partial charge in [0.25, 0.3) is 0 Å². The molecule has 1 fully saturated rings. The maximum Gasteiger partial charge on any atom is 0.410 e. The highest BCUT2D eigenvalue weighted by Crippen LogP contribution is 2.17. The number of carbonyl (C=O) groups is 1. The molecule has 5 heteroatoms. The van der Waals surface area contributed by atoms with Crippen molar-refractivity contribution in [3.05, 3.63) is 36.0 Å². The molecule has 23 heavy (non-hydrogen) atoms. The number of amides is 1. The third-order valence-electron chi connectivity index (χ3n) is 4.05. The van der Waals surface area contributed by atoms with Gasteiger partial charge in [-0.15, -0.1) is 0 Å².